The Hall–Kier alpha value is -1.07. The van der Waals surface area contributed by atoms with E-state index in [1.54, 1.807) is 17.4 Å². The largest absolute Gasteiger partial charge is 0.193 e. The molecule has 0 amide bonds. The zero-order chi connectivity index (χ0) is 7.40. The minimum atomic E-state index is 1.03. The zero-order valence-corrected chi connectivity index (χ0v) is 6.48. The average molecular weight is 149 g/mol. The van der Waals surface area contributed by atoms with Crippen LogP contribution in [0.15, 0.2) is 22.9 Å². The molecule has 0 atom stereocenters. The molecule has 0 saturated carbocycles. The highest BCUT2D eigenvalue weighted by Crippen LogP contribution is 2.15. The van der Waals surface area contributed by atoms with Gasteiger partial charge in [-0.1, -0.05) is 0 Å². The molecule has 0 aromatic carbocycles. The second-order valence-corrected chi connectivity index (χ2v) is 2.75. The summed E-state index contributed by atoms with van der Waals surface area (Å²) in [7, 11) is 0. The quantitative estimate of drug-likeness (QED) is 0.563. The molecule has 1 rings (SSSR count). The summed E-state index contributed by atoms with van der Waals surface area (Å²) in [6.07, 6.45) is 1.56. The van der Waals surface area contributed by atoms with Crippen molar-refractivity contribution in [1.82, 2.24) is 0 Å². The summed E-state index contributed by atoms with van der Waals surface area (Å²) in [5.74, 6) is 0. The Labute approximate surface area is 64.2 Å². The predicted octanol–water partition coefficient (Wildman–Crippen LogP) is 2.67. The molecule has 1 aromatic heterocycles. The van der Waals surface area contributed by atoms with Crippen molar-refractivity contribution >= 4 is 16.9 Å². The van der Waals surface area contributed by atoms with Crippen LogP contribution in [0.2, 0.25) is 0 Å². The van der Waals surface area contributed by atoms with Gasteiger partial charge in [-0.25, -0.2) is 0 Å². The summed E-state index contributed by atoms with van der Waals surface area (Å²) in [5.41, 5.74) is 2.18. The van der Waals surface area contributed by atoms with Gasteiger partial charge in [0.2, 0.25) is 0 Å². The molecule has 0 spiro atoms. The van der Waals surface area contributed by atoms with Crippen LogP contribution >= 0.6 is 11.3 Å². The number of hydrogen-bond acceptors (Lipinski definition) is 2. The maximum atomic E-state index is 8.31. The molecular formula is C8H7NS. The summed E-state index contributed by atoms with van der Waals surface area (Å²) in [5, 5.41) is 12.3. The van der Waals surface area contributed by atoms with E-state index >= 15 is 0 Å². The van der Waals surface area contributed by atoms with Gasteiger partial charge in [-0.15, -0.1) is 0 Å². The molecule has 1 heterocycles. The van der Waals surface area contributed by atoms with Crippen molar-refractivity contribution in [3.63, 3.8) is 0 Å². The Balaban J connectivity index is 2.90. The van der Waals surface area contributed by atoms with E-state index in [-0.39, 0.29) is 0 Å². The fourth-order valence-corrected chi connectivity index (χ4v) is 1.38. The van der Waals surface area contributed by atoms with Crippen molar-refractivity contribution in [1.29, 1.82) is 5.26 Å². The van der Waals surface area contributed by atoms with Gasteiger partial charge in [0.05, 0.1) is 6.07 Å². The molecule has 0 aliphatic carbocycles. The smallest absolute Gasteiger partial charge is 0.0915 e. The first kappa shape index (κ1) is 7.04. The Bertz CT molecular complexity index is 264. The highest BCUT2D eigenvalue weighted by molar-refractivity contribution is 7.08. The van der Waals surface area contributed by atoms with Crippen LogP contribution in [-0.4, -0.2) is 0 Å². The molecule has 50 valence electrons. The van der Waals surface area contributed by atoms with Crippen LogP contribution in [0.3, 0.4) is 0 Å². The molecule has 1 aromatic rings. The lowest BCUT2D eigenvalue weighted by Gasteiger charge is -1.89. The van der Waals surface area contributed by atoms with E-state index < -0.39 is 0 Å². The molecule has 2 heteroatoms. The van der Waals surface area contributed by atoms with E-state index in [9.17, 15) is 0 Å². The van der Waals surface area contributed by atoms with Gasteiger partial charge in [-0.3, -0.25) is 0 Å². The van der Waals surface area contributed by atoms with Crippen LogP contribution in [0.5, 0.6) is 0 Å². The Morgan fingerprint density at radius 1 is 1.80 bits per heavy atom. The molecule has 0 aliphatic heterocycles. The molecule has 0 bridgehead atoms. The standard InChI is InChI=1S/C8H7NS/c1-7(2-4-9)8-3-5-10-6-8/h2-3,5-6H,1H3/b7-2-. The lowest BCUT2D eigenvalue weighted by molar-refractivity contribution is 1.53. The van der Waals surface area contributed by atoms with Crippen LogP contribution < -0.4 is 0 Å². The normalized spacial score (nSPS) is 11.0. The molecule has 0 radical (unpaired) electrons. The number of nitrogens with zero attached hydrogens (tertiary/aromatic N) is 1. The summed E-state index contributed by atoms with van der Waals surface area (Å²) in [4.78, 5) is 0. The molecule has 0 saturated heterocycles. The third-order valence-corrected chi connectivity index (χ3v) is 1.94. The molecule has 10 heavy (non-hydrogen) atoms. The van der Waals surface area contributed by atoms with Crippen LogP contribution in [0.4, 0.5) is 0 Å². The molecule has 0 fully saturated rings. The van der Waals surface area contributed by atoms with Crippen molar-refractivity contribution < 1.29 is 0 Å². The topological polar surface area (TPSA) is 23.8 Å². The van der Waals surface area contributed by atoms with Crippen LogP contribution in [0.25, 0.3) is 5.57 Å². The average Bonchev–Trinajstić information content (AvgIpc) is 2.38. The summed E-state index contributed by atoms with van der Waals surface area (Å²) in [6.45, 7) is 1.94. The molecule has 1 nitrogen and oxygen atoms in total. The number of thiophene rings is 1. The highest BCUT2D eigenvalue weighted by Gasteiger charge is 1.92. The third kappa shape index (κ3) is 1.46. The van der Waals surface area contributed by atoms with Gasteiger partial charge < -0.3 is 0 Å². The van der Waals surface area contributed by atoms with Gasteiger partial charge in [0.1, 0.15) is 0 Å². The maximum Gasteiger partial charge on any atom is 0.0915 e. The first-order valence-electron chi connectivity index (χ1n) is 2.93. The molecular weight excluding hydrogens is 142 g/mol. The van der Waals surface area contributed by atoms with E-state index in [1.807, 2.05) is 29.8 Å². The van der Waals surface area contributed by atoms with Crippen molar-refractivity contribution in [2.24, 2.45) is 0 Å². The van der Waals surface area contributed by atoms with E-state index in [1.165, 1.54) is 0 Å². The van der Waals surface area contributed by atoms with Crippen LogP contribution in [0, 0.1) is 11.3 Å². The van der Waals surface area contributed by atoms with E-state index in [0.717, 1.165) is 11.1 Å². The monoisotopic (exact) mass is 149 g/mol. The molecule has 0 unspecified atom stereocenters. The summed E-state index contributed by atoms with van der Waals surface area (Å²) >= 11 is 1.64. The zero-order valence-electron chi connectivity index (χ0n) is 5.66. The van der Waals surface area contributed by atoms with Crippen molar-refractivity contribution in [2.75, 3.05) is 0 Å². The van der Waals surface area contributed by atoms with Crippen molar-refractivity contribution in [3.05, 3.63) is 28.5 Å². The van der Waals surface area contributed by atoms with E-state index in [4.69, 9.17) is 5.26 Å². The number of hydrogen-bond donors (Lipinski definition) is 0. The minimum absolute atomic E-state index is 1.03. The van der Waals surface area contributed by atoms with Gasteiger partial charge in [0, 0.05) is 6.08 Å². The Morgan fingerprint density at radius 2 is 2.60 bits per heavy atom. The maximum absolute atomic E-state index is 8.31. The Morgan fingerprint density at radius 3 is 3.10 bits per heavy atom. The molecule has 0 aliphatic rings. The summed E-state index contributed by atoms with van der Waals surface area (Å²) in [6, 6.07) is 4.01. The fourth-order valence-electron chi connectivity index (χ4n) is 0.669. The van der Waals surface area contributed by atoms with Crippen molar-refractivity contribution in [3.8, 4) is 6.07 Å². The third-order valence-electron chi connectivity index (χ3n) is 1.26. The van der Waals surface area contributed by atoms with Gasteiger partial charge in [0.25, 0.3) is 0 Å². The SMILES string of the molecule is C/C(=C/C#N)c1ccsc1. The van der Waals surface area contributed by atoms with Gasteiger partial charge >= 0.3 is 0 Å². The highest BCUT2D eigenvalue weighted by atomic mass is 32.1. The number of allylic oxidation sites excluding steroid dienone is 2. The van der Waals surface area contributed by atoms with Gasteiger partial charge in [-0.05, 0) is 34.9 Å². The second-order valence-electron chi connectivity index (χ2n) is 1.97. The van der Waals surface area contributed by atoms with Gasteiger partial charge in [-0.2, -0.15) is 16.6 Å². The van der Waals surface area contributed by atoms with Crippen LogP contribution in [0.1, 0.15) is 12.5 Å². The van der Waals surface area contributed by atoms with E-state index in [0.29, 0.717) is 0 Å². The summed E-state index contributed by atoms with van der Waals surface area (Å²) < 4.78 is 0. The second kappa shape index (κ2) is 3.19. The number of nitriles is 1. The minimum Gasteiger partial charge on any atom is -0.193 e. The Kier molecular flexibility index (Phi) is 2.24. The first-order valence-corrected chi connectivity index (χ1v) is 3.88. The first-order chi connectivity index (χ1) is 4.84. The fraction of sp³-hybridized carbons (Fsp3) is 0.125. The van der Waals surface area contributed by atoms with Crippen molar-refractivity contribution in [2.45, 2.75) is 6.92 Å². The van der Waals surface area contributed by atoms with Crippen LogP contribution in [-0.2, 0) is 0 Å². The molecule has 0 N–H and O–H groups in total. The van der Waals surface area contributed by atoms with E-state index in [2.05, 4.69) is 0 Å². The lowest BCUT2D eigenvalue weighted by Crippen LogP contribution is -1.69. The number of rotatable bonds is 1. The lowest BCUT2D eigenvalue weighted by atomic mass is 10.1. The van der Waals surface area contributed by atoms with Gasteiger partial charge in [0.15, 0.2) is 0 Å². The predicted molar refractivity (Wildman–Crippen MR) is 43.6 cm³/mol.